The summed E-state index contributed by atoms with van der Waals surface area (Å²) in [6, 6.07) is -0.645. The summed E-state index contributed by atoms with van der Waals surface area (Å²) in [4.78, 5) is 38.6. The summed E-state index contributed by atoms with van der Waals surface area (Å²) < 4.78 is 5.18. The van der Waals surface area contributed by atoms with Crippen molar-refractivity contribution < 1.29 is 19.1 Å². The minimum Gasteiger partial charge on any atom is -0.378 e. The van der Waals surface area contributed by atoms with Gasteiger partial charge in [0.05, 0.1) is 32.3 Å². The van der Waals surface area contributed by atoms with Gasteiger partial charge in [-0.05, 0) is 5.92 Å². The molecule has 0 aliphatic carbocycles. The third-order valence-corrected chi connectivity index (χ3v) is 3.60. The Hall–Kier alpha value is -1.67. The van der Waals surface area contributed by atoms with Gasteiger partial charge in [-0.15, -0.1) is 0 Å². The van der Waals surface area contributed by atoms with Gasteiger partial charge in [-0.3, -0.25) is 14.4 Å². The highest BCUT2D eigenvalue weighted by Crippen LogP contribution is 2.00. The number of amides is 3. The van der Waals surface area contributed by atoms with E-state index in [4.69, 9.17) is 10.5 Å². The number of nitrogens with zero attached hydrogens (tertiary/aromatic N) is 2. The average molecular weight is 314 g/mol. The zero-order valence-corrected chi connectivity index (χ0v) is 13.5. The van der Waals surface area contributed by atoms with Crippen LogP contribution in [0.3, 0.4) is 0 Å². The zero-order chi connectivity index (χ0) is 16.7. The van der Waals surface area contributed by atoms with Crippen molar-refractivity contribution in [2.24, 2.45) is 11.7 Å². The summed E-state index contributed by atoms with van der Waals surface area (Å²) >= 11 is 0. The van der Waals surface area contributed by atoms with Crippen molar-refractivity contribution in [1.82, 2.24) is 15.1 Å². The normalized spacial score (nSPS) is 16.3. The Labute approximate surface area is 130 Å². The van der Waals surface area contributed by atoms with E-state index in [0.29, 0.717) is 26.3 Å². The first-order chi connectivity index (χ1) is 10.3. The van der Waals surface area contributed by atoms with Crippen LogP contribution in [0.1, 0.15) is 13.8 Å². The van der Waals surface area contributed by atoms with E-state index in [9.17, 15) is 14.4 Å². The van der Waals surface area contributed by atoms with Crippen molar-refractivity contribution in [3.63, 3.8) is 0 Å². The van der Waals surface area contributed by atoms with E-state index in [1.807, 2.05) is 13.8 Å². The highest BCUT2D eigenvalue weighted by Gasteiger charge is 2.22. The molecule has 0 saturated carbocycles. The van der Waals surface area contributed by atoms with E-state index in [1.54, 1.807) is 4.90 Å². The average Bonchev–Trinajstić information content (AvgIpc) is 2.51. The molecule has 0 aromatic rings. The Bertz CT molecular complexity index is 408. The molecule has 0 unspecified atom stereocenters. The van der Waals surface area contributed by atoms with Gasteiger partial charge >= 0.3 is 0 Å². The molecule has 1 atom stereocenters. The Morgan fingerprint density at radius 2 is 1.86 bits per heavy atom. The van der Waals surface area contributed by atoms with Gasteiger partial charge in [-0.25, -0.2) is 0 Å². The lowest BCUT2D eigenvalue weighted by molar-refractivity contribution is -0.141. The highest BCUT2D eigenvalue weighted by atomic mass is 16.5. The topological polar surface area (TPSA) is 105 Å². The largest absolute Gasteiger partial charge is 0.378 e. The maximum absolute atomic E-state index is 12.0. The van der Waals surface area contributed by atoms with Crippen LogP contribution in [-0.4, -0.2) is 80.0 Å². The predicted octanol–water partition coefficient (Wildman–Crippen LogP) is -1.60. The van der Waals surface area contributed by atoms with Crippen LogP contribution < -0.4 is 11.1 Å². The molecule has 1 aliphatic rings. The summed E-state index contributed by atoms with van der Waals surface area (Å²) in [5.41, 5.74) is 5.69. The molecular weight excluding hydrogens is 288 g/mol. The van der Waals surface area contributed by atoms with Crippen molar-refractivity contribution in [2.75, 3.05) is 46.4 Å². The molecule has 0 aromatic carbocycles. The number of morpholine rings is 1. The minimum atomic E-state index is -0.645. The first kappa shape index (κ1) is 18.4. The number of likely N-dealkylation sites (N-methyl/N-ethyl adjacent to an activating group) is 1. The van der Waals surface area contributed by atoms with Crippen LogP contribution in [0.2, 0.25) is 0 Å². The SMILES string of the molecule is CC(C)[C@H](N)C(=O)NCC(=O)N(C)CC(=O)N1CCOCC1. The van der Waals surface area contributed by atoms with Gasteiger partial charge in [-0.1, -0.05) is 13.8 Å². The third-order valence-electron chi connectivity index (χ3n) is 3.60. The molecule has 1 saturated heterocycles. The Kier molecular flexibility index (Phi) is 7.26. The fourth-order valence-electron chi connectivity index (χ4n) is 1.92. The van der Waals surface area contributed by atoms with Gasteiger partial charge in [0, 0.05) is 20.1 Å². The Morgan fingerprint density at radius 3 is 2.41 bits per heavy atom. The molecule has 0 aromatic heterocycles. The first-order valence-corrected chi connectivity index (χ1v) is 7.45. The number of nitrogens with two attached hydrogens (primary N) is 1. The number of hydrogen-bond donors (Lipinski definition) is 2. The second-order valence-corrected chi connectivity index (χ2v) is 5.73. The van der Waals surface area contributed by atoms with Gasteiger partial charge in [0.25, 0.3) is 0 Å². The monoisotopic (exact) mass is 314 g/mol. The Balaban J connectivity index is 2.35. The summed E-state index contributed by atoms with van der Waals surface area (Å²) in [5, 5.41) is 2.50. The molecule has 0 spiro atoms. The molecule has 0 radical (unpaired) electrons. The molecule has 0 bridgehead atoms. The van der Waals surface area contributed by atoms with Crippen LogP contribution in [0.15, 0.2) is 0 Å². The number of ether oxygens (including phenoxy) is 1. The number of nitrogens with one attached hydrogen (secondary N) is 1. The third kappa shape index (κ3) is 5.61. The number of carbonyl (C=O) groups is 3. The van der Waals surface area contributed by atoms with Crippen molar-refractivity contribution in [3.05, 3.63) is 0 Å². The predicted molar refractivity (Wildman–Crippen MR) is 80.9 cm³/mol. The molecule has 3 N–H and O–H groups in total. The second-order valence-electron chi connectivity index (χ2n) is 5.73. The summed E-state index contributed by atoms with van der Waals surface area (Å²) in [6.45, 7) is 5.62. The maximum Gasteiger partial charge on any atom is 0.242 e. The van der Waals surface area contributed by atoms with E-state index >= 15 is 0 Å². The van der Waals surface area contributed by atoms with Crippen LogP contribution >= 0.6 is 0 Å². The zero-order valence-electron chi connectivity index (χ0n) is 13.5. The van der Waals surface area contributed by atoms with Gasteiger partial charge in [0.1, 0.15) is 0 Å². The molecule has 1 aliphatic heterocycles. The smallest absolute Gasteiger partial charge is 0.242 e. The van der Waals surface area contributed by atoms with E-state index in [1.165, 1.54) is 11.9 Å². The van der Waals surface area contributed by atoms with E-state index in [0.717, 1.165) is 0 Å². The quantitative estimate of drug-likeness (QED) is 0.614. The number of rotatable bonds is 6. The van der Waals surface area contributed by atoms with Gasteiger partial charge in [-0.2, -0.15) is 0 Å². The van der Waals surface area contributed by atoms with Crippen LogP contribution in [0.25, 0.3) is 0 Å². The molecule has 1 heterocycles. The molecule has 22 heavy (non-hydrogen) atoms. The first-order valence-electron chi connectivity index (χ1n) is 7.45. The molecule has 1 rings (SSSR count). The van der Waals surface area contributed by atoms with Crippen LogP contribution in [-0.2, 0) is 19.1 Å². The van der Waals surface area contributed by atoms with E-state index < -0.39 is 6.04 Å². The molecule has 126 valence electrons. The lowest BCUT2D eigenvalue weighted by Crippen LogP contribution is -2.49. The number of carbonyl (C=O) groups excluding carboxylic acids is 3. The van der Waals surface area contributed by atoms with Crippen molar-refractivity contribution >= 4 is 17.7 Å². The fraction of sp³-hybridized carbons (Fsp3) is 0.786. The summed E-state index contributed by atoms with van der Waals surface area (Å²) in [6.07, 6.45) is 0. The van der Waals surface area contributed by atoms with Crippen LogP contribution in [0.4, 0.5) is 0 Å². The van der Waals surface area contributed by atoms with Crippen molar-refractivity contribution in [1.29, 1.82) is 0 Å². The van der Waals surface area contributed by atoms with Gasteiger partial charge < -0.3 is 25.6 Å². The molecular formula is C14H26N4O4. The molecule has 8 heteroatoms. The summed E-state index contributed by atoms with van der Waals surface area (Å²) in [5.74, 6) is -0.817. The standard InChI is InChI=1S/C14H26N4O4/c1-10(2)13(15)14(21)16-8-11(19)17(3)9-12(20)18-4-6-22-7-5-18/h10,13H,4-9,15H2,1-3H3,(H,16,21)/t13-/m0/s1. The van der Waals surface area contributed by atoms with Crippen molar-refractivity contribution in [2.45, 2.75) is 19.9 Å². The second kappa shape index (κ2) is 8.70. The number of hydrogen-bond acceptors (Lipinski definition) is 5. The van der Waals surface area contributed by atoms with Gasteiger partial charge in [0.15, 0.2) is 0 Å². The minimum absolute atomic E-state index is 0.00395. The molecule has 3 amide bonds. The highest BCUT2D eigenvalue weighted by molar-refractivity contribution is 5.89. The fourth-order valence-corrected chi connectivity index (χ4v) is 1.92. The lowest BCUT2D eigenvalue weighted by Gasteiger charge is -2.28. The molecule has 1 fully saturated rings. The van der Waals surface area contributed by atoms with Crippen molar-refractivity contribution in [3.8, 4) is 0 Å². The Morgan fingerprint density at radius 1 is 1.27 bits per heavy atom. The van der Waals surface area contributed by atoms with E-state index in [-0.39, 0.29) is 36.7 Å². The maximum atomic E-state index is 12.0. The van der Waals surface area contributed by atoms with Crippen LogP contribution in [0, 0.1) is 5.92 Å². The van der Waals surface area contributed by atoms with E-state index in [2.05, 4.69) is 5.32 Å². The summed E-state index contributed by atoms with van der Waals surface area (Å²) in [7, 11) is 1.54. The molecule has 8 nitrogen and oxygen atoms in total. The van der Waals surface area contributed by atoms with Gasteiger partial charge in [0.2, 0.25) is 17.7 Å². The lowest BCUT2D eigenvalue weighted by atomic mass is 10.1. The van der Waals surface area contributed by atoms with Crippen LogP contribution in [0.5, 0.6) is 0 Å².